The van der Waals surface area contributed by atoms with E-state index < -0.39 is 0 Å². The standard InChI is InChI=1S/C14H23NO2/c1-13(2)11-6-7-14(3,17-13)9-15(8-11)12(16)10-4-5-10/h10-11H,4-9H2,1-3H3. The number of ether oxygens (including phenoxy) is 1. The molecule has 1 saturated carbocycles. The molecule has 3 heterocycles. The van der Waals surface area contributed by atoms with Crippen LogP contribution in [0.3, 0.4) is 0 Å². The molecule has 17 heavy (non-hydrogen) atoms. The van der Waals surface area contributed by atoms with Crippen LogP contribution >= 0.6 is 0 Å². The van der Waals surface area contributed by atoms with Gasteiger partial charge in [-0.05, 0) is 46.5 Å². The number of fused-ring (bicyclic) bond motifs is 4. The van der Waals surface area contributed by atoms with Crippen LogP contribution in [0.25, 0.3) is 0 Å². The number of rotatable bonds is 1. The Hall–Kier alpha value is -0.570. The molecule has 1 aliphatic carbocycles. The highest BCUT2D eigenvalue weighted by Gasteiger charge is 2.50. The maximum atomic E-state index is 12.3. The Bertz CT molecular complexity index is 348. The number of hydrogen-bond donors (Lipinski definition) is 0. The van der Waals surface area contributed by atoms with E-state index in [0.717, 1.165) is 32.4 Å². The van der Waals surface area contributed by atoms with Crippen molar-refractivity contribution in [1.29, 1.82) is 0 Å². The Morgan fingerprint density at radius 1 is 1.24 bits per heavy atom. The minimum Gasteiger partial charge on any atom is -0.367 e. The van der Waals surface area contributed by atoms with Gasteiger partial charge in [0.2, 0.25) is 5.91 Å². The molecule has 0 aromatic rings. The lowest BCUT2D eigenvalue weighted by Gasteiger charge is -2.44. The van der Waals surface area contributed by atoms with E-state index in [2.05, 4.69) is 25.7 Å². The van der Waals surface area contributed by atoms with Gasteiger partial charge in [0.25, 0.3) is 0 Å². The molecule has 1 amide bonds. The third kappa shape index (κ3) is 1.99. The zero-order valence-electron chi connectivity index (χ0n) is 11.2. The average Bonchev–Trinajstić information content (AvgIpc) is 3.00. The first-order chi connectivity index (χ1) is 7.90. The molecular weight excluding hydrogens is 214 g/mol. The third-order valence-electron chi connectivity index (χ3n) is 4.72. The van der Waals surface area contributed by atoms with Gasteiger partial charge < -0.3 is 9.64 Å². The first-order valence-electron chi connectivity index (χ1n) is 6.89. The summed E-state index contributed by atoms with van der Waals surface area (Å²) in [6.07, 6.45) is 4.48. The predicted octanol–water partition coefficient (Wildman–Crippen LogP) is 2.20. The van der Waals surface area contributed by atoms with Crippen molar-refractivity contribution in [3.8, 4) is 0 Å². The van der Waals surface area contributed by atoms with Crippen molar-refractivity contribution >= 4 is 5.91 Å². The Morgan fingerprint density at radius 2 is 1.94 bits per heavy atom. The van der Waals surface area contributed by atoms with Crippen molar-refractivity contribution < 1.29 is 9.53 Å². The first-order valence-corrected chi connectivity index (χ1v) is 6.89. The highest BCUT2D eigenvalue weighted by molar-refractivity contribution is 5.81. The second kappa shape index (κ2) is 3.47. The maximum absolute atomic E-state index is 12.3. The molecule has 0 spiro atoms. The van der Waals surface area contributed by atoms with Gasteiger partial charge in [0.1, 0.15) is 0 Å². The lowest BCUT2D eigenvalue weighted by atomic mass is 9.81. The minimum absolute atomic E-state index is 0.0778. The quantitative estimate of drug-likeness (QED) is 0.699. The van der Waals surface area contributed by atoms with Gasteiger partial charge in [0.15, 0.2) is 0 Å². The molecule has 4 aliphatic rings. The first kappa shape index (κ1) is 11.5. The molecule has 2 bridgehead atoms. The van der Waals surface area contributed by atoms with Crippen LogP contribution in [0.1, 0.15) is 46.5 Å². The van der Waals surface area contributed by atoms with E-state index in [9.17, 15) is 4.79 Å². The van der Waals surface area contributed by atoms with Gasteiger partial charge in [-0.15, -0.1) is 0 Å². The topological polar surface area (TPSA) is 29.5 Å². The largest absolute Gasteiger partial charge is 0.367 e. The van der Waals surface area contributed by atoms with Gasteiger partial charge >= 0.3 is 0 Å². The molecule has 0 radical (unpaired) electrons. The highest BCUT2D eigenvalue weighted by atomic mass is 16.5. The summed E-state index contributed by atoms with van der Waals surface area (Å²) in [7, 11) is 0. The van der Waals surface area contributed by atoms with Crippen LogP contribution in [0.15, 0.2) is 0 Å². The fourth-order valence-electron chi connectivity index (χ4n) is 3.51. The van der Waals surface area contributed by atoms with Crippen LogP contribution in [0, 0.1) is 11.8 Å². The maximum Gasteiger partial charge on any atom is 0.225 e. The van der Waals surface area contributed by atoms with Crippen LogP contribution in [0.2, 0.25) is 0 Å². The molecule has 2 unspecified atom stereocenters. The summed E-state index contributed by atoms with van der Waals surface area (Å²) in [4.78, 5) is 14.3. The van der Waals surface area contributed by atoms with Crippen molar-refractivity contribution in [2.45, 2.75) is 57.7 Å². The van der Waals surface area contributed by atoms with Gasteiger partial charge in [-0.3, -0.25) is 4.79 Å². The number of carbonyl (C=O) groups excluding carboxylic acids is 1. The van der Waals surface area contributed by atoms with E-state index in [1.165, 1.54) is 6.42 Å². The van der Waals surface area contributed by atoms with Gasteiger partial charge in [-0.2, -0.15) is 0 Å². The summed E-state index contributed by atoms with van der Waals surface area (Å²) >= 11 is 0. The lowest BCUT2D eigenvalue weighted by Crippen LogP contribution is -2.48. The van der Waals surface area contributed by atoms with Gasteiger partial charge in [0, 0.05) is 24.9 Å². The van der Waals surface area contributed by atoms with E-state index in [-0.39, 0.29) is 11.2 Å². The normalized spacial score (nSPS) is 40.2. The molecule has 3 saturated heterocycles. The fourth-order valence-corrected chi connectivity index (χ4v) is 3.51. The summed E-state index contributed by atoms with van der Waals surface area (Å²) in [5.74, 6) is 1.21. The molecule has 0 N–H and O–H groups in total. The molecule has 4 fully saturated rings. The van der Waals surface area contributed by atoms with Crippen molar-refractivity contribution in [3.63, 3.8) is 0 Å². The minimum atomic E-state index is -0.124. The SMILES string of the molecule is CC12CCC(CN(C(=O)C3CC3)C1)C(C)(C)O2. The van der Waals surface area contributed by atoms with Crippen LogP contribution in [-0.2, 0) is 9.53 Å². The summed E-state index contributed by atoms with van der Waals surface area (Å²) in [5.41, 5.74) is -0.202. The Kier molecular flexibility index (Phi) is 2.35. The summed E-state index contributed by atoms with van der Waals surface area (Å²) in [6, 6.07) is 0. The number of hydrogen-bond acceptors (Lipinski definition) is 2. The van der Waals surface area contributed by atoms with E-state index in [4.69, 9.17) is 4.74 Å². The molecule has 96 valence electrons. The third-order valence-corrected chi connectivity index (χ3v) is 4.72. The van der Waals surface area contributed by atoms with E-state index in [0.29, 0.717) is 17.7 Å². The monoisotopic (exact) mass is 237 g/mol. The van der Waals surface area contributed by atoms with Crippen molar-refractivity contribution in [2.24, 2.45) is 11.8 Å². The molecule has 3 heteroatoms. The molecule has 0 aromatic carbocycles. The Morgan fingerprint density at radius 3 is 2.53 bits per heavy atom. The summed E-state index contributed by atoms with van der Waals surface area (Å²) in [6.45, 7) is 8.23. The number of amides is 1. The molecule has 3 aliphatic heterocycles. The molecule has 0 aromatic heterocycles. The molecule has 3 nitrogen and oxygen atoms in total. The van der Waals surface area contributed by atoms with Gasteiger partial charge in [-0.25, -0.2) is 0 Å². The summed E-state index contributed by atoms with van der Waals surface area (Å²) in [5, 5.41) is 0. The zero-order chi connectivity index (χ0) is 12.3. The highest BCUT2D eigenvalue weighted by Crippen LogP contribution is 2.44. The van der Waals surface area contributed by atoms with Crippen LogP contribution in [0.5, 0.6) is 0 Å². The molecule has 4 rings (SSSR count). The lowest BCUT2D eigenvalue weighted by molar-refractivity contribution is -0.176. The molecule has 2 atom stereocenters. The predicted molar refractivity (Wildman–Crippen MR) is 65.6 cm³/mol. The van der Waals surface area contributed by atoms with Crippen molar-refractivity contribution in [1.82, 2.24) is 4.90 Å². The average molecular weight is 237 g/mol. The molecular formula is C14H23NO2. The number of nitrogens with zero attached hydrogens (tertiary/aromatic N) is 1. The van der Waals surface area contributed by atoms with Crippen LogP contribution in [-0.4, -0.2) is 35.1 Å². The van der Waals surface area contributed by atoms with Gasteiger partial charge in [-0.1, -0.05) is 0 Å². The van der Waals surface area contributed by atoms with Crippen LogP contribution < -0.4 is 0 Å². The van der Waals surface area contributed by atoms with E-state index >= 15 is 0 Å². The smallest absolute Gasteiger partial charge is 0.225 e. The van der Waals surface area contributed by atoms with Gasteiger partial charge in [0.05, 0.1) is 11.2 Å². The van der Waals surface area contributed by atoms with E-state index in [1.807, 2.05) is 0 Å². The summed E-state index contributed by atoms with van der Waals surface area (Å²) < 4.78 is 6.27. The fraction of sp³-hybridized carbons (Fsp3) is 0.929. The second-order valence-corrected chi connectivity index (χ2v) is 6.88. The number of carbonyl (C=O) groups is 1. The van der Waals surface area contributed by atoms with Crippen molar-refractivity contribution in [3.05, 3.63) is 0 Å². The van der Waals surface area contributed by atoms with E-state index in [1.54, 1.807) is 0 Å². The Balaban J connectivity index is 1.84. The van der Waals surface area contributed by atoms with Crippen molar-refractivity contribution in [2.75, 3.05) is 13.1 Å². The zero-order valence-corrected chi connectivity index (χ0v) is 11.2. The Labute approximate surface area is 104 Å². The second-order valence-electron chi connectivity index (χ2n) is 6.88. The van der Waals surface area contributed by atoms with Crippen LogP contribution in [0.4, 0.5) is 0 Å².